The Morgan fingerprint density at radius 3 is 2.56 bits per heavy atom. The summed E-state index contributed by atoms with van der Waals surface area (Å²) >= 11 is 0. The number of aryl methyl sites for hydroxylation is 1. The van der Waals surface area contributed by atoms with Gasteiger partial charge in [-0.15, -0.1) is 0 Å². The Kier molecular flexibility index (Phi) is 4.51. The van der Waals surface area contributed by atoms with Crippen molar-refractivity contribution in [3.63, 3.8) is 0 Å². The molecule has 0 aliphatic heterocycles. The first-order valence-electron chi connectivity index (χ1n) is 6.18. The number of aromatic nitrogens is 1. The van der Waals surface area contributed by atoms with Crippen LogP contribution in [0.5, 0.6) is 0 Å². The van der Waals surface area contributed by atoms with Crippen LogP contribution in [0.15, 0.2) is 4.52 Å². The van der Waals surface area contributed by atoms with Gasteiger partial charge >= 0.3 is 0 Å². The quantitative estimate of drug-likeness (QED) is 0.854. The minimum Gasteiger partial charge on any atom is -0.392 e. The third-order valence-electron chi connectivity index (χ3n) is 3.00. The molecule has 0 saturated carbocycles. The van der Waals surface area contributed by atoms with Gasteiger partial charge < -0.3 is 14.9 Å². The monoisotopic (exact) mass is 254 g/mol. The van der Waals surface area contributed by atoms with Gasteiger partial charge in [0, 0.05) is 13.5 Å². The Balaban J connectivity index is 3.03. The number of amides is 1. The van der Waals surface area contributed by atoms with Gasteiger partial charge in [0.2, 0.25) is 0 Å². The lowest BCUT2D eigenvalue weighted by Gasteiger charge is -2.24. The molecule has 1 aromatic heterocycles. The van der Waals surface area contributed by atoms with E-state index < -0.39 is 6.10 Å². The molecule has 0 saturated heterocycles. The Bertz CT molecular complexity index is 418. The van der Waals surface area contributed by atoms with Crippen molar-refractivity contribution in [1.82, 2.24) is 10.5 Å². The molecule has 1 amide bonds. The lowest BCUT2D eigenvalue weighted by Crippen LogP contribution is -2.29. The number of carbonyl (C=O) groups excluding carboxylic acids is 1. The van der Waals surface area contributed by atoms with Crippen molar-refractivity contribution in [3.05, 3.63) is 17.0 Å². The Morgan fingerprint density at radius 1 is 1.50 bits per heavy atom. The van der Waals surface area contributed by atoms with Gasteiger partial charge in [-0.25, -0.2) is 0 Å². The number of hydrogen-bond acceptors (Lipinski definition) is 4. The van der Waals surface area contributed by atoms with Crippen LogP contribution in [0.2, 0.25) is 0 Å². The molecular weight excluding hydrogens is 232 g/mol. The first kappa shape index (κ1) is 14.7. The predicted molar refractivity (Wildman–Crippen MR) is 68.4 cm³/mol. The highest BCUT2D eigenvalue weighted by molar-refractivity contribution is 5.96. The van der Waals surface area contributed by atoms with E-state index in [2.05, 4.69) is 10.5 Å². The molecule has 0 fully saturated rings. The van der Waals surface area contributed by atoms with Crippen molar-refractivity contribution in [2.24, 2.45) is 5.41 Å². The minimum absolute atomic E-state index is 0.218. The smallest absolute Gasteiger partial charge is 0.256 e. The Morgan fingerprint density at radius 2 is 2.11 bits per heavy atom. The molecule has 1 rings (SSSR count). The number of aliphatic hydroxyl groups excluding tert-OH is 1. The van der Waals surface area contributed by atoms with Crippen LogP contribution in [0.4, 0.5) is 0 Å². The normalized spacial score (nSPS) is 13.4. The fourth-order valence-corrected chi connectivity index (χ4v) is 1.61. The van der Waals surface area contributed by atoms with Crippen molar-refractivity contribution in [2.75, 3.05) is 7.05 Å². The molecule has 1 atom stereocenters. The molecule has 2 N–H and O–H groups in total. The zero-order valence-corrected chi connectivity index (χ0v) is 11.7. The van der Waals surface area contributed by atoms with Crippen LogP contribution in [0.25, 0.3) is 0 Å². The van der Waals surface area contributed by atoms with Crippen molar-refractivity contribution in [3.8, 4) is 0 Å². The molecule has 0 aliphatic rings. The lowest BCUT2D eigenvalue weighted by atomic mass is 9.86. The lowest BCUT2D eigenvalue weighted by molar-refractivity contribution is 0.0573. The van der Waals surface area contributed by atoms with Gasteiger partial charge in [-0.1, -0.05) is 32.9 Å². The second-order valence-electron chi connectivity index (χ2n) is 5.45. The van der Waals surface area contributed by atoms with Gasteiger partial charge in [0.15, 0.2) is 5.76 Å². The van der Waals surface area contributed by atoms with E-state index in [9.17, 15) is 9.90 Å². The number of rotatable bonds is 4. The molecule has 0 aliphatic carbocycles. The molecule has 102 valence electrons. The highest BCUT2D eigenvalue weighted by Crippen LogP contribution is 2.25. The molecule has 1 unspecified atom stereocenters. The summed E-state index contributed by atoms with van der Waals surface area (Å²) in [5, 5.41) is 16.5. The van der Waals surface area contributed by atoms with Gasteiger partial charge in [0.25, 0.3) is 5.91 Å². The first-order chi connectivity index (χ1) is 8.31. The van der Waals surface area contributed by atoms with Crippen LogP contribution in [0.1, 0.15) is 49.5 Å². The average Bonchev–Trinajstić information content (AvgIpc) is 2.69. The predicted octanol–water partition coefficient (Wildman–Crippen LogP) is 1.55. The van der Waals surface area contributed by atoms with Crippen LogP contribution in [0.3, 0.4) is 0 Å². The van der Waals surface area contributed by atoms with E-state index in [0.717, 1.165) is 0 Å². The fraction of sp³-hybridized carbons (Fsp3) is 0.692. The molecule has 18 heavy (non-hydrogen) atoms. The summed E-state index contributed by atoms with van der Waals surface area (Å²) in [5.41, 5.74) is 0.827. The van der Waals surface area contributed by atoms with Crippen molar-refractivity contribution < 1.29 is 14.4 Å². The Labute approximate surface area is 108 Å². The second kappa shape index (κ2) is 5.52. The SMILES string of the molecule is CCc1noc(CC(O)C(C)(C)C)c1C(=O)NC. The molecule has 5 heteroatoms. The van der Waals surface area contributed by atoms with Crippen molar-refractivity contribution in [2.45, 2.75) is 46.6 Å². The maximum absolute atomic E-state index is 11.8. The molecule has 5 nitrogen and oxygen atoms in total. The average molecular weight is 254 g/mol. The number of nitrogens with zero attached hydrogens (tertiary/aromatic N) is 1. The largest absolute Gasteiger partial charge is 0.392 e. The van der Waals surface area contributed by atoms with Gasteiger partial charge in [-0.3, -0.25) is 4.79 Å². The molecule has 0 spiro atoms. The minimum atomic E-state index is -0.585. The van der Waals surface area contributed by atoms with E-state index in [0.29, 0.717) is 29.9 Å². The van der Waals surface area contributed by atoms with E-state index >= 15 is 0 Å². The summed E-state index contributed by atoms with van der Waals surface area (Å²) in [4.78, 5) is 11.8. The van der Waals surface area contributed by atoms with Gasteiger partial charge in [-0.05, 0) is 11.8 Å². The maximum Gasteiger partial charge on any atom is 0.256 e. The summed E-state index contributed by atoms with van der Waals surface area (Å²) in [6.45, 7) is 7.73. The van der Waals surface area contributed by atoms with E-state index in [-0.39, 0.29) is 11.3 Å². The van der Waals surface area contributed by atoms with Crippen LogP contribution >= 0.6 is 0 Å². The molecule has 0 radical (unpaired) electrons. The fourth-order valence-electron chi connectivity index (χ4n) is 1.61. The summed E-state index contributed by atoms with van der Waals surface area (Å²) in [5.74, 6) is 0.234. The molecule has 0 bridgehead atoms. The standard InChI is InChI=1S/C13H22N2O3/c1-6-8-11(12(17)14-5)9(18-15-8)7-10(16)13(2,3)4/h10,16H,6-7H2,1-5H3,(H,14,17). The number of carbonyl (C=O) groups is 1. The highest BCUT2D eigenvalue weighted by atomic mass is 16.5. The maximum atomic E-state index is 11.8. The van der Waals surface area contributed by atoms with Crippen molar-refractivity contribution in [1.29, 1.82) is 0 Å². The van der Waals surface area contributed by atoms with E-state index in [1.165, 1.54) is 0 Å². The Hall–Kier alpha value is -1.36. The highest BCUT2D eigenvalue weighted by Gasteiger charge is 2.28. The van der Waals surface area contributed by atoms with E-state index in [4.69, 9.17) is 4.52 Å². The number of hydrogen-bond donors (Lipinski definition) is 2. The van der Waals surface area contributed by atoms with E-state index in [1.807, 2.05) is 27.7 Å². The summed E-state index contributed by atoms with van der Waals surface area (Å²) in [6, 6.07) is 0. The van der Waals surface area contributed by atoms with Gasteiger partial charge in [0.1, 0.15) is 5.56 Å². The van der Waals surface area contributed by atoms with Crippen LogP contribution in [-0.2, 0) is 12.8 Å². The third kappa shape index (κ3) is 3.10. The number of aliphatic hydroxyl groups is 1. The second-order valence-corrected chi connectivity index (χ2v) is 5.45. The van der Waals surface area contributed by atoms with Crippen LogP contribution in [-0.4, -0.2) is 29.3 Å². The van der Waals surface area contributed by atoms with Crippen molar-refractivity contribution >= 4 is 5.91 Å². The number of nitrogens with one attached hydrogen (secondary N) is 1. The molecule has 1 heterocycles. The van der Waals surface area contributed by atoms with E-state index in [1.54, 1.807) is 7.05 Å². The summed E-state index contributed by atoms with van der Waals surface area (Å²) in [7, 11) is 1.57. The zero-order chi connectivity index (χ0) is 13.9. The van der Waals surface area contributed by atoms with Gasteiger partial charge in [-0.2, -0.15) is 0 Å². The van der Waals surface area contributed by atoms with Crippen LogP contribution < -0.4 is 5.32 Å². The third-order valence-corrected chi connectivity index (χ3v) is 3.00. The molecule has 1 aromatic rings. The van der Waals surface area contributed by atoms with Crippen LogP contribution in [0, 0.1) is 5.41 Å². The summed E-state index contributed by atoms with van der Waals surface area (Å²) in [6.07, 6.45) is 0.329. The zero-order valence-electron chi connectivity index (χ0n) is 11.7. The summed E-state index contributed by atoms with van der Waals surface area (Å²) < 4.78 is 5.20. The first-order valence-corrected chi connectivity index (χ1v) is 6.18. The molecular formula is C13H22N2O3. The molecule has 0 aromatic carbocycles. The van der Waals surface area contributed by atoms with Gasteiger partial charge in [0.05, 0.1) is 11.8 Å². The topological polar surface area (TPSA) is 75.4 Å².